The predicted molar refractivity (Wildman–Crippen MR) is 80.4 cm³/mol. The van der Waals surface area contributed by atoms with Crippen LogP contribution in [-0.2, 0) is 20.7 Å². The molecule has 114 valence electrons. The molecule has 1 heterocycles. The summed E-state index contributed by atoms with van der Waals surface area (Å²) in [6.07, 6.45) is 0.00422. The molecule has 0 atom stereocenters. The quantitative estimate of drug-likeness (QED) is 0.844. The summed E-state index contributed by atoms with van der Waals surface area (Å²) in [4.78, 5) is 39.0. The van der Waals surface area contributed by atoms with E-state index in [4.69, 9.17) is 4.74 Å². The molecule has 0 fully saturated rings. The van der Waals surface area contributed by atoms with E-state index in [1.807, 2.05) is 6.92 Å². The number of hydrogen-bond donors (Lipinski definition) is 1. The normalized spacial score (nSPS) is 10.0. The number of ether oxygens (including phenoxy) is 1. The summed E-state index contributed by atoms with van der Waals surface area (Å²) in [5, 5.41) is 4.77. The largest absolute Gasteiger partial charge is 0.455 e. The minimum Gasteiger partial charge on any atom is -0.455 e. The molecule has 1 aromatic heterocycles. The number of esters is 1. The Morgan fingerprint density at radius 3 is 2.59 bits per heavy atom. The molecule has 22 heavy (non-hydrogen) atoms. The maximum Gasteiger partial charge on any atom is 0.312 e. The number of nitrogens with zero attached hydrogens (tertiary/aromatic N) is 1. The van der Waals surface area contributed by atoms with Gasteiger partial charge < -0.3 is 4.74 Å². The molecular weight excluding hydrogens is 304 g/mol. The summed E-state index contributed by atoms with van der Waals surface area (Å²) in [6.45, 7) is 1.34. The second-order valence-corrected chi connectivity index (χ2v) is 5.50. The molecule has 6 nitrogen and oxygen atoms in total. The molecule has 0 saturated heterocycles. The molecule has 0 aliphatic rings. The maximum absolute atomic E-state index is 11.7. The highest BCUT2D eigenvalue weighted by Gasteiger charge is 2.13. The molecule has 0 bridgehead atoms. The first-order valence-electron chi connectivity index (χ1n) is 6.50. The van der Waals surface area contributed by atoms with Crippen LogP contribution in [0.5, 0.6) is 0 Å². The van der Waals surface area contributed by atoms with E-state index in [-0.39, 0.29) is 6.42 Å². The Balaban J connectivity index is 1.75. The van der Waals surface area contributed by atoms with Crippen molar-refractivity contribution in [3.05, 3.63) is 52.0 Å². The molecule has 0 aliphatic carbocycles. The topological polar surface area (TPSA) is 85.4 Å². The first kappa shape index (κ1) is 15.8. The summed E-state index contributed by atoms with van der Waals surface area (Å²) in [5.74, 6) is -1.76. The highest BCUT2D eigenvalue weighted by atomic mass is 32.1. The summed E-state index contributed by atoms with van der Waals surface area (Å²) < 4.78 is 4.82. The molecule has 0 spiro atoms. The van der Waals surface area contributed by atoms with Crippen LogP contribution in [0.2, 0.25) is 0 Å². The van der Waals surface area contributed by atoms with Crippen LogP contribution >= 0.6 is 11.3 Å². The van der Waals surface area contributed by atoms with Gasteiger partial charge in [0.1, 0.15) is 0 Å². The number of benzene rings is 1. The number of amides is 2. The standard InChI is InChI=1S/C15H14N2O4S/c1-10-16-12(9-22-10)7-14(19)21-8-13(18)17-15(20)11-5-3-2-4-6-11/h2-6,9H,7-8H2,1H3,(H,17,18,20). The number of nitrogens with one attached hydrogen (secondary N) is 1. The number of carbonyl (C=O) groups excluding carboxylic acids is 3. The van der Waals surface area contributed by atoms with E-state index in [0.717, 1.165) is 5.01 Å². The molecule has 7 heteroatoms. The van der Waals surface area contributed by atoms with Gasteiger partial charge in [0.2, 0.25) is 0 Å². The lowest BCUT2D eigenvalue weighted by atomic mass is 10.2. The van der Waals surface area contributed by atoms with Gasteiger partial charge in [0.05, 0.1) is 17.1 Å². The van der Waals surface area contributed by atoms with E-state index >= 15 is 0 Å². The van der Waals surface area contributed by atoms with Crippen LogP contribution in [0.25, 0.3) is 0 Å². The van der Waals surface area contributed by atoms with Crippen molar-refractivity contribution in [3.8, 4) is 0 Å². The minimum atomic E-state index is -0.670. The number of carbonyl (C=O) groups is 3. The molecule has 1 N–H and O–H groups in total. The van der Waals surface area contributed by atoms with Gasteiger partial charge in [-0.25, -0.2) is 4.98 Å². The third kappa shape index (κ3) is 4.78. The molecular formula is C15H14N2O4S. The SMILES string of the molecule is Cc1nc(CC(=O)OCC(=O)NC(=O)c2ccccc2)cs1. The van der Waals surface area contributed by atoms with Crippen LogP contribution in [0.15, 0.2) is 35.7 Å². The van der Waals surface area contributed by atoms with Crippen molar-refractivity contribution in [3.63, 3.8) is 0 Å². The third-order valence-electron chi connectivity index (χ3n) is 2.65. The fourth-order valence-corrected chi connectivity index (χ4v) is 2.27. The third-order valence-corrected chi connectivity index (χ3v) is 3.47. The molecule has 0 radical (unpaired) electrons. The fraction of sp³-hybridized carbons (Fsp3) is 0.200. The summed E-state index contributed by atoms with van der Waals surface area (Å²) in [7, 11) is 0. The number of aromatic nitrogens is 1. The van der Waals surface area contributed by atoms with E-state index in [1.165, 1.54) is 11.3 Å². The molecule has 2 rings (SSSR count). The Morgan fingerprint density at radius 1 is 1.23 bits per heavy atom. The Kier molecular flexibility index (Phi) is 5.37. The Morgan fingerprint density at radius 2 is 1.95 bits per heavy atom. The smallest absolute Gasteiger partial charge is 0.312 e. The van der Waals surface area contributed by atoms with Crippen molar-refractivity contribution < 1.29 is 19.1 Å². The zero-order chi connectivity index (χ0) is 15.9. The van der Waals surface area contributed by atoms with Gasteiger partial charge in [0.15, 0.2) is 6.61 Å². The molecule has 0 saturated carbocycles. The minimum absolute atomic E-state index is 0.00422. The number of imide groups is 1. The average molecular weight is 318 g/mol. The van der Waals surface area contributed by atoms with Crippen molar-refractivity contribution in [2.24, 2.45) is 0 Å². The lowest BCUT2D eigenvalue weighted by molar-refractivity contribution is -0.147. The second-order valence-electron chi connectivity index (χ2n) is 4.44. The lowest BCUT2D eigenvalue weighted by Crippen LogP contribution is -2.34. The van der Waals surface area contributed by atoms with Gasteiger partial charge in [-0.2, -0.15) is 0 Å². The van der Waals surface area contributed by atoms with Crippen LogP contribution in [0.4, 0.5) is 0 Å². The molecule has 1 aromatic carbocycles. The summed E-state index contributed by atoms with van der Waals surface area (Å²) >= 11 is 1.43. The highest BCUT2D eigenvalue weighted by Crippen LogP contribution is 2.08. The number of hydrogen-bond acceptors (Lipinski definition) is 6. The number of rotatable bonds is 5. The van der Waals surface area contributed by atoms with E-state index < -0.39 is 24.4 Å². The van der Waals surface area contributed by atoms with Gasteiger partial charge in [0.25, 0.3) is 11.8 Å². The van der Waals surface area contributed by atoms with Gasteiger partial charge in [-0.3, -0.25) is 19.7 Å². The van der Waals surface area contributed by atoms with Gasteiger partial charge >= 0.3 is 5.97 Å². The van der Waals surface area contributed by atoms with Crippen LogP contribution in [0.3, 0.4) is 0 Å². The molecule has 0 unspecified atom stereocenters. The fourth-order valence-electron chi connectivity index (χ4n) is 1.66. The van der Waals surface area contributed by atoms with Crippen LogP contribution in [-0.4, -0.2) is 29.4 Å². The van der Waals surface area contributed by atoms with Crippen molar-refractivity contribution in [2.45, 2.75) is 13.3 Å². The molecule has 2 amide bonds. The zero-order valence-corrected chi connectivity index (χ0v) is 12.7. The van der Waals surface area contributed by atoms with Crippen LogP contribution < -0.4 is 5.32 Å². The van der Waals surface area contributed by atoms with Crippen molar-refractivity contribution in [1.82, 2.24) is 10.3 Å². The Bertz CT molecular complexity index is 682. The highest BCUT2D eigenvalue weighted by molar-refractivity contribution is 7.09. The lowest BCUT2D eigenvalue weighted by Gasteiger charge is -2.05. The number of aryl methyl sites for hydroxylation is 1. The van der Waals surface area contributed by atoms with Crippen molar-refractivity contribution in [1.29, 1.82) is 0 Å². The zero-order valence-electron chi connectivity index (χ0n) is 11.9. The second kappa shape index (κ2) is 7.46. The van der Waals surface area contributed by atoms with E-state index in [1.54, 1.807) is 35.7 Å². The Hall–Kier alpha value is -2.54. The van der Waals surface area contributed by atoms with Crippen molar-refractivity contribution in [2.75, 3.05) is 6.61 Å². The first-order valence-corrected chi connectivity index (χ1v) is 7.38. The molecule has 2 aromatic rings. The number of thiazole rings is 1. The van der Waals surface area contributed by atoms with Gasteiger partial charge in [-0.1, -0.05) is 18.2 Å². The van der Waals surface area contributed by atoms with Gasteiger partial charge in [-0.15, -0.1) is 11.3 Å². The van der Waals surface area contributed by atoms with Gasteiger partial charge in [0, 0.05) is 10.9 Å². The summed E-state index contributed by atoms with van der Waals surface area (Å²) in [6, 6.07) is 8.31. The Labute approximate surface area is 131 Å². The van der Waals surface area contributed by atoms with E-state index in [9.17, 15) is 14.4 Å². The van der Waals surface area contributed by atoms with Gasteiger partial charge in [-0.05, 0) is 19.1 Å². The van der Waals surface area contributed by atoms with E-state index in [2.05, 4.69) is 10.3 Å². The molecule has 0 aliphatic heterocycles. The predicted octanol–water partition coefficient (Wildman–Crippen LogP) is 1.49. The monoisotopic (exact) mass is 318 g/mol. The first-order chi connectivity index (χ1) is 10.5. The van der Waals surface area contributed by atoms with E-state index in [0.29, 0.717) is 11.3 Å². The van der Waals surface area contributed by atoms with Crippen molar-refractivity contribution >= 4 is 29.1 Å². The van der Waals surface area contributed by atoms with Crippen LogP contribution in [0, 0.1) is 6.92 Å². The average Bonchev–Trinajstić information content (AvgIpc) is 2.91. The maximum atomic E-state index is 11.7. The van der Waals surface area contributed by atoms with Crippen LogP contribution in [0.1, 0.15) is 21.1 Å². The summed E-state index contributed by atoms with van der Waals surface area (Å²) in [5.41, 5.74) is 0.966.